The van der Waals surface area contributed by atoms with Crippen LogP contribution in [0, 0.1) is 0 Å². The van der Waals surface area contributed by atoms with Crippen LogP contribution in [0.2, 0.25) is 10.0 Å². The van der Waals surface area contributed by atoms with Crippen LogP contribution in [-0.2, 0) is 0 Å². The van der Waals surface area contributed by atoms with E-state index in [1.807, 2.05) is 36.5 Å². The van der Waals surface area contributed by atoms with Gasteiger partial charge in [-0.1, -0.05) is 71.7 Å². The SMILES string of the molecule is Nc1cc(-c2cccc(-c3ccccc3)c2)cnc1N1CCC[C@H]1c1nc2cc(Cl)c(Cl)cc2[nH]1. The Morgan fingerprint density at radius 3 is 2.40 bits per heavy atom. The van der Waals surface area contributed by atoms with Gasteiger partial charge in [-0.15, -0.1) is 0 Å². The number of nitrogens with two attached hydrogens (primary N) is 1. The number of rotatable bonds is 4. The molecule has 5 aromatic rings. The van der Waals surface area contributed by atoms with Crippen LogP contribution in [0.1, 0.15) is 24.7 Å². The van der Waals surface area contributed by atoms with Crippen molar-refractivity contribution in [3.05, 3.63) is 94.9 Å². The van der Waals surface area contributed by atoms with Crippen molar-refractivity contribution in [3.63, 3.8) is 0 Å². The summed E-state index contributed by atoms with van der Waals surface area (Å²) in [6, 6.07) is 24.5. The largest absolute Gasteiger partial charge is 0.396 e. The van der Waals surface area contributed by atoms with Gasteiger partial charge in [-0.3, -0.25) is 0 Å². The van der Waals surface area contributed by atoms with Crippen molar-refractivity contribution in [2.45, 2.75) is 18.9 Å². The standard InChI is InChI=1S/C28H23Cl2N5/c29-21-14-24-25(15-22(21)30)34-27(33-24)26-10-5-11-35(26)28-23(31)13-20(16-32-28)19-9-4-8-18(12-19)17-6-2-1-3-7-17/h1-4,6-9,12-16,26H,5,10-11,31H2,(H,33,34)/t26-/m0/s1. The number of anilines is 2. The van der Waals surface area contributed by atoms with Gasteiger partial charge in [0.2, 0.25) is 0 Å². The summed E-state index contributed by atoms with van der Waals surface area (Å²) in [6.07, 6.45) is 3.90. The molecule has 6 rings (SSSR count). The highest BCUT2D eigenvalue weighted by atomic mass is 35.5. The number of nitrogens with one attached hydrogen (secondary N) is 1. The number of halogens is 2. The van der Waals surface area contributed by atoms with Gasteiger partial charge in [-0.25, -0.2) is 9.97 Å². The molecule has 1 fully saturated rings. The number of hydrogen-bond acceptors (Lipinski definition) is 4. The Kier molecular flexibility index (Phi) is 5.59. The minimum Gasteiger partial charge on any atom is -0.396 e. The zero-order valence-corrected chi connectivity index (χ0v) is 20.4. The van der Waals surface area contributed by atoms with Crippen molar-refractivity contribution >= 4 is 45.7 Å². The Balaban J connectivity index is 1.31. The van der Waals surface area contributed by atoms with E-state index in [1.165, 1.54) is 5.56 Å². The lowest BCUT2D eigenvalue weighted by molar-refractivity contribution is 0.673. The molecule has 174 valence electrons. The second-order valence-corrected chi connectivity index (χ2v) is 9.65. The monoisotopic (exact) mass is 499 g/mol. The van der Waals surface area contributed by atoms with E-state index in [2.05, 4.69) is 46.3 Å². The van der Waals surface area contributed by atoms with E-state index in [0.29, 0.717) is 15.7 Å². The van der Waals surface area contributed by atoms with Crippen molar-refractivity contribution in [2.75, 3.05) is 17.2 Å². The Morgan fingerprint density at radius 2 is 1.60 bits per heavy atom. The third kappa shape index (κ3) is 4.11. The molecule has 1 aliphatic rings. The van der Waals surface area contributed by atoms with Crippen molar-refractivity contribution in [1.29, 1.82) is 0 Å². The first-order chi connectivity index (χ1) is 17.1. The number of H-pyrrole nitrogens is 1. The second kappa shape index (κ2) is 8.91. The highest BCUT2D eigenvalue weighted by Crippen LogP contribution is 2.39. The molecule has 7 heteroatoms. The molecular weight excluding hydrogens is 477 g/mol. The molecule has 3 heterocycles. The molecule has 0 radical (unpaired) electrons. The minimum absolute atomic E-state index is 0.0574. The van der Waals surface area contributed by atoms with Gasteiger partial charge in [0.1, 0.15) is 5.82 Å². The van der Waals surface area contributed by atoms with Crippen LogP contribution in [0.3, 0.4) is 0 Å². The van der Waals surface area contributed by atoms with Crippen LogP contribution in [0.4, 0.5) is 11.5 Å². The van der Waals surface area contributed by atoms with E-state index in [4.69, 9.17) is 38.9 Å². The van der Waals surface area contributed by atoms with Crippen molar-refractivity contribution in [3.8, 4) is 22.3 Å². The molecule has 5 nitrogen and oxygen atoms in total. The number of pyridine rings is 1. The highest BCUT2D eigenvalue weighted by molar-refractivity contribution is 6.42. The van der Waals surface area contributed by atoms with E-state index in [0.717, 1.165) is 58.8 Å². The first kappa shape index (κ1) is 22.0. The van der Waals surface area contributed by atoms with Crippen molar-refractivity contribution in [2.24, 2.45) is 0 Å². The molecule has 3 N–H and O–H groups in total. The minimum atomic E-state index is 0.0574. The lowest BCUT2D eigenvalue weighted by Crippen LogP contribution is -2.25. The topological polar surface area (TPSA) is 70.8 Å². The van der Waals surface area contributed by atoms with E-state index < -0.39 is 0 Å². The number of imidazole rings is 1. The summed E-state index contributed by atoms with van der Waals surface area (Å²) in [5.41, 5.74) is 13.3. The molecule has 1 saturated heterocycles. The van der Waals surface area contributed by atoms with E-state index >= 15 is 0 Å². The maximum Gasteiger partial charge on any atom is 0.152 e. The summed E-state index contributed by atoms with van der Waals surface area (Å²) in [5, 5.41) is 1.01. The van der Waals surface area contributed by atoms with Gasteiger partial charge in [0, 0.05) is 18.3 Å². The first-order valence-electron chi connectivity index (χ1n) is 11.6. The maximum atomic E-state index is 6.57. The molecule has 0 amide bonds. The number of nitrogens with zero attached hydrogens (tertiary/aromatic N) is 3. The predicted octanol–water partition coefficient (Wildman–Crippen LogP) is 7.52. The first-order valence-corrected chi connectivity index (χ1v) is 12.3. The molecule has 0 bridgehead atoms. The van der Waals surface area contributed by atoms with Crippen molar-refractivity contribution < 1.29 is 0 Å². The summed E-state index contributed by atoms with van der Waals surface area (Å²) >= 11 is 12.4. The van der Waals surface area contributed by atoms with Gasteiger partial charge in [0.25, 0.3) is 0 Å². The average molecular weight is 500 g/mol. The number of aromatic amines is 1. The maximum absolute atomic E-state index is 6.57. The fourth-order valence-corrected chi connectivity index (χ4v) is 5.19. The fraction of sp³-hybridized carbons (Fsp3) is 0.143. The number of benzene rings is 3. The lowest BCUT2D eigenvalue weighted by Gasteiger charge is -2.25. The summed E-state index contributed by atoms with van der Waals surface area (Å²) in [6.45, 7) is 0.864. The molecule has 0 saturated carbocycles. The third-order valence-electron chi connectivity index (χ3n) is 6.58. The molecule has 1 atom stereocenters. The van der Waals surface area contributed by atoms with Crippen LogP contribution in [0.25, 0.3) is 33.3 Å². The number of nitrogen functional groups attached to an aromatic ring is 1. The molecular formula is C28H23Cl2N5. The second-order valence-electron chi connectivity index (χ2n) is 8.84. The van der Waals surface area contributed by atoms with Crippen LogP contribution in [-0.4, -0.2) is 21.5 Å². The third-order valence-corrected chi connectivity index (χ3v) is 7.30. The van der Waals surface area contributed by atoms with Gasteiger partial charge in [0.05, 0.1) is 32.8 Å². The lowest BCUT2D eigenvalue weighted by atomic mass is 10.00. The molecule has 2 aromatic heterocycles. The Bertz CT molecular complexity index is 1490. The molecule has 0 spiro atoms. The Morgan fingerprint density at radius 1 is 0.857 bits per heavy atom. The summed E-state index contributed by atoms with van der Waals surface area (Å²) in [4.78, 5) is 15.3. The highest BCUT2D eigenvalue weighted by Gasteiger charge is 2.31. The van der Waals surface area contributed by atoms with Crippen molar-refractivity contribution in [1.82, 2.24) is 15.0 Å². The molecule has 3 aromatic carbocycles. The molecule has 1 aliphatic heterocycles. The molecule has 35 heavy (non-hydrogen) atoms. The van der Waals surface area contributed by atoms with Gasteiger partial charge < -0.3 is 15.6 Å². The van der Waals surface area contributed by atoms with Gasteiger partial charge >= 0.3 is 0 Å². The van der Waals surface area contributed by atoms with Crippen LogP contribution in [0.15, 0.2) is 79.0 Å². The fourth-order valence-electron chi connectivity index (χ4n) is 4.87. The van der Waals surface area contributed by atoms with Crippen LogP contribution >= 0.6 is 23.2 Å². The smallest absolute Gasteiger partial charge is 0.152 e. The summed E-state index contributed by atoms with van der Waals surface area (Å²) in [7, 11) is 0. The van der Waals surface area contributed by atoms with E-state index in [1.54, 1.807) is 6.07 Å². The average Bonchev–Trinajstić information content (AvgIpc) is 3.52. The zero-order valence-electron chi connectivity index (χ0n) is 18.9. The van der Waals surface area contributed by atoms with E-state index in [-0.39, 0.29) is 6.04 Å². The Hall–Kier alpha value is -3.54. The van der Waals surface area contributed by atoms with Gasteiger partial charge in [-0.2, -0.15) is 0 Å². The summed E-state index contributed by atoms with van der Waals surface area (Å²) in [5.74, 6) is 1.66. The quantitative estimate of drug-likeness (QED) is 0.268. The number of aromatic nitrogens is 3. The van der Waals surface area contributed by atoms with E-state index in [9.17, 15) is 0 Å². The van der Waals surface area contributed by atoms with Crippen LogP contribution < -0.4 is 10.6 Å². The normalized spacial score (nSPS) is 15.7. The zero-order chi connectivity index (χ0) is 23.9. The van der Waals surface area contributed by atoms with Gasteiger partial charge in [-0.05, 0) is 53.8 Å². The van der Waals surface area contributed by atoms with Crippen LogP contribution in [0.5, 0.6) is 0 Å². The molecule has 0 unspecified atom stereocenters. The molecule has 0 aliphatic carbocycles. The number of hydrogen-bond donors (Lipinski definition) is 2. The van der Waals surface area contributed by atoms with Gasteiger partial charge in [0.15, 0.2) is 5.82 Å². The predicted molar refractivity (Wildman–Crippen MR) is 145 cm³/mol. The summed E-state index contributed by atoms with van der Waals surface area (Å²) < 4.78 is 0. The number of fused-ring (bicyclic) bond motifs is 1. The Labute approximate surface area is 213 Å².